The second-order valence-corrected chi connectivity index (χ2v) is 3.99. The van der Waals surface area contributed by atoms with E-state index in [1.807, 2.05) is 37.3 Å². The summed E-state index contributed by atoms with van der Waals surface area (Å²) < 4.78 is 5.19. The molecule has 0 atom stereocenters. The van der Waals surface area contributed by atoms with Gasteiger partial charge in [0.15, 0.2) is 0 Å². The maximum atomic E-state index is 11.5. The minimum atomic E-state index is 0.0300. The summed E-state index contributed by atoms with van der Waals surface area (Å²) in [6, 6.07) is 10.0. The highest BCUT2D eigenvalue weighted by Crippen LogP contribution is 1.96. The number of hydrogen-bond donors (Lipinski definition) is 2. The smallest absolute Gasteiger partial charge is 0.233 e. The van der Waals surface area contributed by atoms with Crippen molar-refractivity contribution in [2.75, 3.05) is 26.3 Å². The Morgan fingerprint density at radius 3 is 2.78 bits per heavy atom. The molecule has 2 N–H and O–H groups in total. The molecule has 0 saturated carbocycles. The average molecular weight is 250 g/mol. The summed E-state index contributed by atoms with van der Waals surface area (Å²) >= 11 is 0. The molecule has 1 rings (SSSR count). The van der Waals surface area contributed by atoms with Crippen molar-refractivity contribution in [3.63, 3.8) is 0 Å². The molecule has 0 spiro atoms. The average Bonchev–Trinajstić information content (AvgIpc) is 2.40. The summed E-state index contributed by atoms with van der Waals surface area (Å²) in [7, 11) is 0. The number of carbonyl (C=O) groups is 1. The molecule has 0 bridgehead atoms. The van der Waals surface area contributed by atoms with Crippen LogP contribution >= 0.6 is 0 Å². The number of rotatable bonds is 9. The molecule has 0 radical (unpaired) electrons. The summed E-state index contributed by atoms with van der Waals surface area (Å²) in [6.45, 7) is 5.13. The summed E-state index contributed by atoms with van der Waals surface area (Å²) in [5, 5.41) is 5.96. The van der Waals surface area contributed by atoms with E-state index < -0.39 is 0 Å². The van der Waals surface area contributed by atoms with Gasteiger partial charge in [-0.3, -0.25) is 4.79 Å². The summed E-state index contributed by atoms with van der Waals surface area (Å²) in [6.07, 6.45) is 0.859. The second-order valence-electron chi connectivity index (χ2n) is 3.99. The Kier molecular flexibility index (Phi) is 7.84. The van der Waals surface area contributed by atoms with Crippen molar-refractivity contribution in [2.45, 2.75) is 19.9 Å². The molecule has 1 amide bonds. The first-order chi connectivity index (χ1) is 8.83. The zero-order chi connectivity index (χ0) is 13.1. The van der Waals surface area contributed by atoms with E-state index in [0.717, 1.165) is 13.0 Å². The molecule has 4 heteroatoms. The van der Waals surface area contributed by atoms with Crippen molar-refractivity contribution in [2.24, 2.45) is 0 Å². The summed E-state index contributed by atoms with van der Waals surface area (Å²) in [5.74, 6) is 0.0300. The molecule has 0 fully saturated rings. The third kappa shape index (κ3) is 7.04. The van der Waals surface area contributed by atoms with E-state index in [4.69, 9.17) is 4.74 Å². The molecule has 0 saturated heterocycles. The van der Waals surface area contributed by atoms with E-state index in [1.54, 1.807) is 0 Å². The highest BCUT2D eigenvalue weighted by Gasteiger charge is 1.99. The van der Waals surface area contributed by atoms with Crippen molar-refractivity contribution in [3.8, 4) is 0 Å². The first kappa shape index (κ1) is 14.7. The van der Waals surface area contributed by atoms with Gasteiger partial charge < -0.3 is 15.4 Å². The third-order valence-electron chi connectivity index (χ3n) is 2.45. The largest absolute Gasteiger partial charge is 0.382 e. The van der Waals surface area contributed by atoms with Crippen LogP contribution in [0.2, 0.25) is 0 Å². The lowest BCUT2D eigenvalue weighted by Gasteiger charge is -2.07. The Hall–Kier alpha value is -1.39. The van der Waals surface area contributed by atoms with Crippen LogP contribution in [0, 0.1) is 0 Å². The Morgan fingerprint density at radius 2 is 2.06 bits per heavy atom. The van der Waals surface area contributed by atoms with Crippen molar-refractivity contribution in [1.82, 2.24) is 10.6 Å². The Morgan fingerprint density at radius 1 is 1.28 bits per heavy atom. The van der Waals surface area contributed by atoms with Crippen LogP contribution in [0.4, 0.5) is 0 Å². The molecular formula is C14H22N2O2. The van der Waals surface area contributed by atoms with Crippen molar-refractivity contribution in [3.05, 3.63) is 35.9 Å². The Labute approximate surface area is 109 Å². The van der Waals surface area contributed by atoms with E-state index >= 15 is 0 Å². The zero-order valence-electron chi connectivity index (χ0n) is 10.9. The van der Waals surface area contributed by atoms with Crippen LogP contribution in [-0.2, 0) is 16.1 Å². The van der Waals surface area contributed by atoms with Gasteiger partial charge in [-0.1, -0.05) is 30.3 Å². The molecule has 0 heterocycles. The summed E-state index contributed by atoms with van der Waals surface area (Å²) in [4.78, 5) is 11.5. The number of hydrogen-bond acceptors (Lipinski definition) is 3. The van der Waals surface area contributed by atoms with E-state index in [-0.39, 0.29) is 5.91 Å². The Balaban J connectivity index is 2.00. The molecule has 1 aromatic carbocycles. The molecule has 4 nitrogen and oxygen atoms in total. The minimum Gasteiger partial charge on any atom is -0.382 e. The van der Waals surface area contributed by atoms with Gasteiger partial charge in [0, 0.05) is 26.3 Å². The molecule has 0 aliphatic rings. The lowest BCUT2D eigenvalue weighted by molar-refractivity contribution is -0.120. The van der Waals surface area contributed by atoms with E-state index in [9.17, 15) is 4.79 Å². The van der Waals surface area contributed by atoms with E-state index in [1.165, 1.54) is 5.56 Å². The molecule has 0 aliphatic carbocycles. The molecule has 100 valence electrons. The van der Waals surface area contributed by atoms with Gasteiger partial charge >= 0.3 is 0 Å². The van der Waals surface area contributed by atoms with Gasteiger partial charge in [0.25, 0.3) is 0 Å². The number of carbonyl (C=O) groups excluding carboxylic acids is 1. The van der Waals surface area contributed by atoms with E-state index in [2.05, 4.69) is 10.6 Å². The number of nitrogens with one attached hydrogen (secondary N) is 2. The lowest BCUT2D eigenvalue weighted by atomic mass is 10.2. The molecule has 1 aromatic rings. The molecular weight excluding hydrogens is 228 g/mol. The topological polar surface area (TPSA) is 50.4 Å². The highest BCUT2D eigenvalue weighted by atomic mass is 16.5. The number of ether oxygens (including phenoxy) is 1. The molecule has 0 aliphatic heterocycles. The van der Waals surface area contributed by atoms with Crippen LogP contribution < -0.4 is 10.6 Å². The normalized spacial score (nSPS) is 10.3. The van der Waals surface area contributed by atoms with Crippen molar-refractivity contribution < 1.29 is 9.53 Å². The number of benzene rings is 1. The van der Waals surface area contributed by atoms with Crippen LogP contribution in [0.3, 0.4) is 0 Å². The Bertz CT molecular complexity index is 328. The fraction of sp³-hybridized carbons (Fsp3) is 0.500. The SMILES string of the molecule is CCOCCCNC(=O)CNCc1ccccc1. The third-order valence-corrected chi connectivity index (χ3v) is 2.45. The summed E-state index contributed by atoms with van der Waals surface area (Å²) in [5.41, 5.74) is 1.18. The fourth-order valence-corrected chi connectivity index (χ4v) is 1.53. The van der Waals surface area contributed by atoms with Gasteiger partial charge in [-0.2, -0.15) is 0 Å². The molecule has 18 heavy (non-hydrogen) atoms. The van der Waals surface area contributed by atoms with Crippen molar-refractivity contribution in [1.29, 1.82) is 0 Å². The maximum Gasteiger partial charge on any atom is 0.233 e. The first-order valence-corrected chi connectivity index (χ1v) is 6.42. The van der Waals surface area contributed by atoms with Crippen molar-refractivity contribution >= 4 is 5.91 Å². The van der Waals surface area contributed by atoms with Gasteiger partial charge in [0.05, 0.1) is 6.54 Å². The van der Waals surface area contributed by atoms with Gasteiger partial charge in [-0.15, -0.1) is 0 Å². The van der Waals surface area contributed by atoms with Gasteiger partial charge in [-0.25, -0.2) is 0 Å². The lowest BCUT2D eigenvalue weighted by Crippen LogP contribution is -2.34. The maximum absolute atomic E-state index is 11.5. The van der Waals surface area contributed by atoms with Gasteiger partial charge in [0.2, 0.25) is 5.91 Å². The predicted octanol–water partition coefficient (Wildman–Crippen LogP) is 1.32. The molecule has 0 aromatic heterocycles. The quantitative estimate of drug-likeness (QED) is 0.650. The fourth-order valence-electron chi connectivity index (χ4n) is 1.53. The van der Waals surface area contributed by atoms with Gasteiger partial charge in [0.1, 0.15) is 0 Å². The number of amides is 1. The molecule has 0 unspecified atom stereocenters. The zero-order valence-corrected chi connectivity index (χ0v) is 10.9. The monoisotopic (exact) mass is 250 g/mol. The van der Waals surface area contributed by atoms with Gasteiger partial charge in [-0.05, 0) is 18.9 Å². The first-order valence-electron chi connectivity index (χ1n) is 6.42. The minimum absolute atomic E-state index is 0.0300. The van der Waals surface area contributed by atoms with Crippen LogP contribution in [-0.4, -0.2) is 32.2 Å². The van der Waals surface area contributed by atoms with E-state index in [0.29, 0.717) is 26.2 Å². The predicted molar refractivity (Wildman–Crippen MR) is 72.3 cm³/mol. The van der Waals surface area contributed by atoms with Crippen LogP contribution in [0.5, 0.6) is 0 Å². The van der Waals surface area contributed by atoms with Crippen LogP contribution in [0.25, 0.3) is 0 Å². The standard InChI is InChI=1S/C14H22N2O2/c1-2-18-10-6-9-16-14(17)12-15-11-13-7-4-3-5-8-13/h3-5,7-8,15H,2,6,9-12H2,1H3,(H,16,17). The highest BCUT2D eigenvalue weighted by molar-refractivity contribution is 5.77. The van der Waals surface area contributed by atoms with Crippen LogP contribution in [0.1, 0.15) is 18.9 Å². The van der Waals surface area contributed by atoms with Crippen LogP contribution in [0.15, 0.2) is 30.3 Å². The second kappa shape index (κ2) is 9.62.